The molecule has 0 aromatic heterocycles. The van der Waals surface area contributed by atoms with Crippen LogP contribution in [0.4, 0.5) is 4.39 Å². The molecule has 1 aromatic rings. The van der Waals surface area contributed by atoms with E-state index in [-0.39, 0.29) is 37.1 Å². The maximum absolute atomic E-state index is 12.8. The smallest absolute Gasteiger partial charge is 0.306 e. The molecule has 1 fully saturated rings. The number of nitrogens with one attached hydrogen (secondary N) is 1. The number of esters is 1. The maximum Gasteiger partial charge on any atom is 0.306 e. The molecule has 2 rings (SSSR count). The van der Waals surface area contributed by atoms with Gasteiger partial charge in [-0.1, -0.05) is 0 Å². The Kier molecular flexibility index (Phi) is 6.82. The first-order chi connectivity index (χ1) is 12.3. The van der Waals surface area contributed by atoms with E-state index < -0.39 is 24.3 Å². The van der Waals surface area contributed by atoms with E-state index in [9.17, 15) is 23.6 Å². The number of benzene rings is 1. The number of likely N-dealkylation sites (N-methyl/N-ethyl adjacent to an activating group) is 1. The van der Waals surface area contributed by atoms with Crippen LogP contribution in [0.1, 0.15) is 36.0 Å². The van der Waals surface area contributed by atoms with E-state index in [1.54, 1.807) is 0 Å². The zero-order valence-corrected chi connectivity index (χ0v) is 14.5. The molecule has 0 heterocycles. The molecule has 0 spiro atoms. The summed E-state index contributed by atoms with van der Waals surface area (Å²) in [5.74, 6) is -2.21. The molecule has 1 aliphatic rings. The van der Waals surface area contributed by atoms with Gasteiger partial charge in [-0.05, 0) is 37.1 Å². The predicted molar refractivity (Wildman–Crippen MR) is 89.7 cm³/mol. The van der Waals surface area contributed by atoms with Crippen molar-refractivity contribution in [1.82, 2.24) is 10.2 Å². The quantitative estimate of drug-likeness (QED) is 0.523. The minimum atomic E-state index is -0.690. The molecule has 7 nitrogen and oxygen atoms in total. The normalized spacial score (nSPS) is 13.0. The lowest BCUT2D eigenvalue weighted by Gasteiger charge is -2.16. The molecule has 140 valence electrons. The van der Waals surface area contributed by atoms with E-state index in [4.69, 9.17) is 4.74 Å². The summed E-state index contributed by atoms with van der Waals surface area (Å²) in [6.07, 6.45) is 1.63. The number of ketones is 1. The second-order valence-corrected chi connectivity index (χ2v) is 6.18. The van der Waals surface area contributed by atoms with Gasteiger partial charge in [-0.2, -0.15) is 0 Å². The number of nitrogens with zero attached hydrogens (tertiary/aromatic N) is 1. The maximum atomic E-state index is 12.8. The van der Waals surface area contributed by atoms with Crippen LogP contribution in [0.3, 0.4) is 0 Å². The lowest BCUT2D eigenvalue weighted by Crippen LogP contribution is -2.40. The molecule has 1 aromatic carbocycles. The monoisotopic (exact) mass is 364 g/mol. The van der Waals surface area contributed by atoms with Gasteiger partial charge in [0, 0.05) is 25.1 Å². The molecule has 26 heavy (non-hydrogen) atoms. The third-order valence-corrected chi connectivity index (χ3v) is 3.83. The molecule has 0 unspecified atom stereocenters. The number of ether oxygens (including phenoxy) is 1. The van der Waals surface area contributed by atoms with Crippen LogP contribution in [-0.2, 0) is 19.1 Å². The average molecular weight is 364 g/mol. The van der Waals surface area contributed by atoms with Crippen LogP contribution in [0.15, 0.2) is 24.3 Å². The van der Waals surface area contributed by atoms with Gasteiger partial charge in [0.25, 0.3) is 5.91 Å². The number of rotatable bonds is 9. The Balaban J connectivity index is 1.65. The number of amides is 2. The summed E-state index contributed by atoms with van der Waals surface area (Å²) in [5.41, 5.74) is 0.302. The van der Waals surface area contributed by atoms with Gasteiger partial charge in [-0.25, -0.2) is 4.39 Å². The average Bonchev–Trinajstić information content (AvgIpc) is 3.41. The Labute approximate surface area is 150 Å². The number of hydrogen-bond donors (Lipinski definition) is 1. The minimum Gasteiger partial charge on any atom is -0.456 e. The van der Waals surface area contributed by atoms with Crippen molar-refractivity contribution in [2.75, 3.05) is 20.2 Å². The SMILES string of the molecule is CN(CC(=O)NC1CC1)C(=O)COC(=O)CCC(=O)c1ccc(F)cc1. The first-order valence-electron chi connectivity index (χ1n) is 8.33. The topological polar surface area (TPSA) is 92.8 Å². The van der Waals surface area contributed by atoms with Gasteiger partial charge in [0.1, 0.15) is 5.82 Å². The fraction of sp³-hybridized carbons (Fsp3) is 0.444. The van der Waals surface area contributed by atoms with E-state index in [1.807, 2.05) is 0 Å². The summed E-state index contributed by atoms with van der Waals surface area (Å²) >= 11 is 0. The molecule has 0 bridgehead atoms. The number of hydrogen-bond acceptors (Lipinski definition) is 5. The number of halogens is 1. The minimum absolute atomic E-state index is 0.0989. The van der Waals surface area contributed by atoms with Crippen molar-refractivity contribution >= 4 is 23.6 Å². The van der Waals surface area contributed by atoms with E-state index in [1.165, 1.54) is 36.2 Å². The predicted octanol–water partition coefficient (Wildman–Crippen LogP) is 1.07. The van der Waals surface area contributed by atoms with Crippen molar-refractivity contribution in [3.63, 3.8) is 0 Å². The van der Waals surface area contributed by atoms with E-state index in [2.05, 4.69) is 5.32 Å². The molecule has 1 aliphatic carbocycles. The largest absolute Gasteiger partial charge is 0.456 e. The highest BCUT2D eigenvalue weighted by molar-refractivity contribution is 5.97. The van der Waals surface area contributed by atoms with E-state index >= 15 is 0 Å². The highest BCUT2D eigenvalue weighted by atomic mass is 19.1. The van der Waals surface area contributed by atoms with Gasteiger partial charge in [0.15, 0.2) is 12.4 Å². The first kappa shape index (κ1) is 19.6. The lowest BCUT2D eigenvalue weighted by molar-refractivity contribution is -0.151. The highest BCUT2D eigenvalue weighted by Gasteiger charge is 2.24. The third-order valence-electron chi connectivity index (χ3n) is 3.83. The van der Waals surface area contributed by atoms with Crippen LogP contribution in [0.2, 0.25) is 0 Å². The zero-order valence-electron chi connectivity index (χ0n) is 14.5. The van der Waals surface area contributed by atoms with Crippen molar-refractivity contribution in [2.24, 2.45) is 0 Å². The number of Topliss-reactive ketones (excluding diaryl/α,β-unsaturated/α-hetero) is 1. The van der Waals surface area contributed by atoms with Crippen molar-refractivity contribution in [1.29, 1.82) is 0 Å². The second kappa shape index (κ2) is 9.07. The molecule has 0 atom stereocenters. The van der Waals surface area contributed by atoms with E-state index in [0.717, 1.165) is 12.8 Å². The Morgan fingerprint density at radius 1 is 1.15 bits per heavy atom. The van der Waals surface area contributed by atoms with Crippen LogP contribution in [-0.4, -0.2) is 54.7 Å². The zero-order chi connectivity index (χ0) is 19.1. The van der Waals surface area contributed by atoms with Gasteiger partial charge in [-0.3, -0.25) is 19.2 Å². The fourth-order valence-electron chi connectivity index (χ4n) is 2.12. The summed E-state index contributed by atoms with van der Waals surface area (Å²) < 4.78 is 17.6. The van der Waals surface area contributed by atoms with Crippen molar-refractivity contribution in [3.8, 4) is 0 Å². The van der Waals surface area contributed by atoms with Gasteiger partial charge in [-0.15, -0.1) is 0 Å². The van der Waals surface area contributed by atoms with Crippen LogP contribution < -0.4 is 5.32 Å². The van der Waals surface area contributed by atoms with Crippen LogP contribution in [0, 0.1) is 5.82 Å². The molecule has 0 aliphatic heterocycles. The molecule has 2 amide bonds. The number of carbonyl (C=O) groups excluding carboxylic acids is 4. The molecular formula is C18H21FN2O5. The third kappa shape index (κ3) is 6.62. The molecule has 1 N–H and O–H groups in total. The summed E-state index contributed by atoms with van der Waals surface area (Å²) in [6, 6.07) is 5.23. The van der Waals surface area contributed by atoms with Crippen molar-refractivity contribution in [2.45, 2.75) is 31.7 Å². The fourth-order valence-corrected chi connectivity index (χ4v) is 2.12. The van der Waals surface area contributed by atoms with Crippen molar-refractivity contribution < 1.29 is 28.3 Å². The Bertz CT molecular complexity index is 685. The Morgan fingerprint density at radius 3 is 2.42 bits per heavy atom. The number of carbonyl (C=O) groups is 4. The van der Waals surface area contributed by atoms with Crippen LogP contribution in [0.5, 0.6) is 0 Å². The van der Waals surface area contributed by atoms with Gasteiger partial charge >= 0.3 is 5.97 Å². The van der Waals surface area contributed by atoms with Gasteiger partial charge in [0.2, 0.25) is 5.91 Å². The van der Waals surface area contributed by atoms with E-state index in [0.29, 0.717) is 5.56 Å². The molecule has 1 saturated carbocycles. The molecule has 0 saturated heterocycles. The summed E-state index contributed by atoms with van der Waals surface area (Å²) in [7, 11) is 1.45. The van der Waals surface area contributed by atoms with Crippen molar-refractivity contribution in [3.05, 3.63) is 35.6 Å². The lowest BCUT2D eigenvalue weighted by atomic mass is 10.1. The van der Waals surface area contributed by atoms with Gasteiger partial charge in [0.05, 0.1) is 13.0 Å². The molecular weight excluding hydrogens is 343 g/mol. The van der Waals surface area contributed by atoms with Crippen LogP contribution >= 0.6 is 0 Å². The molecule has 0 radical (unpaired) electrons. The van der Waals surface area contributed by atoms with Gasteiger partial charge < -0.3 is 15.0 Å². The molecule has 8 heteroatoms. The Hall–Kier alpha value is -2.77. The standard InChI is InChI=1S/C18H21FN2O5/c1-21(10-16(23)20-14-6-7-14)17(24)11-26-18(25)9-8-15(22)12-2-4-13(19)5-3-12/h2-5,14H,6-11H2,1H3,(H,20,23). The Morgan fingerprint density at radius 2 is 1.81 bits per heavy atom. The second-order valence-electron chi connectivity index (χ2n) is 6.18. The summed E-state index contributed by atoms with van der Waals surface area (Å²) in [4.78, 5) is 48.1. The summed E-state index contributed by atoms with van der Waals surface area (Å²) in [6.45, 7) is -0.591. The van der Waals surface area contributed by atoms with Crippen LogP contribution in [0.25, 0.3) is 0 Å². The first-order valence-corrected chi connectivity index (χ1v) is 8.33. The summed E-state index contributed by atoms with van der Waals surface area (Å²) in [5, 5.41) is 2.75. The highest BCUT2D eigenvalue weighted by Crippen LogP contribution is 2.18.